The van der Waals surface area contributed by atoms with E-state index < -0.39 is 10.0 Å². The lowest BCUT2D eigenvalue weighted by molar-refractivity contribution is 0.221. The first-order valence-corrected chi connectivity index (χ1v) is 9.28. The van der Waals surface area contributed by atoms with Crippen molar-refractivity contribution >= 4 is 10.0 Å². The van der Waals surface area contributed by atoms with Gasteiger partial charge in [-0.05, 0) is 49.4 Å². The predicted octanol–water partition coefficient (Wildman–Crippen LogP) is 2.14. The van der Waals surface area contributed by atoms with Crippen LogP contribution in [0.3, 0.4) is 0 Å². The molecule has 0 unspecified atom stereocenters. The molecule has 1 fully saturated rings. The summed E-state index contributed by atoms with van der Waals surface area (Å²) < 4.78 is 22.8. The lowest BCUT2D eigenvalue weighted by Gasteiger charge is -2.31. The van der Waals surface area contributed by atoms with Crippen molar-refractivity contribution < 1.29 is 8.42 Å². The molecule has 1 aliphatic rings. The van der Waals surface area contributed by atoms with Gasteiger partial charge >= 0.3 is 0 Å². The maximum absolute atomic E-state index is 11.4. The van der Waals surface area contributed by atoms with Crippen molar-refractivity contribution in [2.75, 3.05) is 13.1 Å². The van der Waals surface area contributed by atoms with Gasteiger partial charge in [0.05, 0.1) is 5.25 Å². The lowest BCUT2D eigenvalue weighted by Crippen LogP contribution is -2.41. The highest BCUT2D eigenvalue weighted by molar-refractivity contribution is 7.89. The molecule has 0 bridgehead atoms. The highest BCUT2D eigenvalue weighted by Gasteiger charge is 2.27. The molecule has 0 atom stereocenters. The Hall–Kier alpha value is -0.910. The molecule has 1 saturated heterocycles. The van der Waals surface area contributed by atoms with Crippen LogP contribution in [-0.2, 0) is 23.0 Å². The van der Waals surface area contributed by atoms with E-state index in [0.717, 1.165) is 26.1 Å². The van der Waals surface area contributed by atoms with Gasteiger partial charge in [0.15, 0.2) is 0 Å². The average molecular weight is 310 g/mol. The van der Waals surface area contributed by atoms with Crippen LogP contribution in [0.4, 0.5) is 0 Å². The van der Waals surface area contributed by atoms with Crippen molar-refractivity contribution in [3.8, 4) is 0 Å². The lowest BCUT2D eigenvalue weighted by atomic mass is 9.97. The van der Waals surface area contributed by atoms with Crippen LogP contribution in [-0.4, -0.2) is 31.7 Å². The minimum atomic E-state index is -3.37. The molecule has 1 aromatic rings. The molecule has 118 valence electrons. The summed E-state index contributed by atoms with van der Waals surface area (Å²) in [6.07, 6.45) is 2.38. The molecule has 2 N–H and O–H groups in total. The molecule has 0 aliphatic carbocycles. The predicted molar refractivity (Wildman–Crippen MR) is 86.4 cm³/mol. The van der Waals surface area contributed by atoms with E-state index in [0.29, 0.717) is 18.8 Å². The first-order chi connectivity index (χ1) is 9.86. The molecule has 21 heavy (non-hydrogen) atoms. The van der Waals surface area contributed by atoms with E-state index in [-0.39, 0.29) is 5.25 Å². The van der Waals surface area contributed by atoms with Crippen LogP contribution in [0, 0.1) is 5.92 Å². The average Bonchev–Trinajstić information content (AvgIpc) is 2.40. The number of nitrogens with two attached hydrogens (primary N) is 1. The Balaban J connectivity index is 1.98. The first kappa shape index (κ1) is 16.5. The zero-order valence-corrected chi connectivity index (χ0v) is 13.8. The van der Waals surface area contributed by atoms with E-state index >= 15 is 0 Å². The third-order valence-electron chi connectivity index (χ3n) is 4.14. The van der Waals surface area contributed by atoms with Crippen LogP contribution in [0.1, 0.15) is 37.8 Å². The molecule has 2 rings (SSSR count). The second-order valence-electron chi connectivity index (χ2n) is 6.43. The number of nitrogens with zero attached hydrogens (tertiary/aromatic N) is 1. The van der Waals surface area contributed by atoms with Crippen molar-refractivity contribution in [3.63, 3.8) is 0 Å². The molecule has 5 heteroatoms. The normalized spacial score (nSPS) is 18.3. The van der Waals surface area contributed by atoms with Crippen molar-refractivity contribution in [3.05, 3.63) is 35.4 Å². The van der Waals surface area contributed by atoms with Crippen LogP contribution < -0.4 is 5.14 Å². The highest BCUT2D eigenvalue weighted by atomic mass is 32.2. The standard InChI is InChI=1S/C16H26N2O2S/c1-13(2)11-14-5-3-4-6-15(14)12-18-9-7-16(8-10-18)21(17,19)20/h3-6,13,16H,7-12H2,1-2H3,(H2,17,19,20). The number of sulfonamides is 1. The van der Waals surface area contributed by atoms with Crippen LogP contribution in [0.2, 0.25) is 0 Å². The van der Waals surface area contributed by atoms with E-state index in [4.69, 9.17) is 5.14 Å². The molecule has 1 heterocycles. The minimum absolute atomic E-state index is 0.361. The first-order valence-electron chi connectivity index (χ1n) is 7.67. The molecule has 0 spiro atoms. The summed E-state index contributed by atoms with van der Waals surface area (Å²) in [4.78, 5) is 2.33. The van der Waals surface area contributed by atoms with Crippen LogP contribution in [0.5, 0.6) is 0 Å². The zero-order valence-electron chi connectivity index (χ0n) is 13.0. The topological polar surface area (TPSA) is 63.4 Å². The molecular weight excluding hydrogens is 284 g/mol. The monoisotopic (exact) mass is 310 g/mol. The summed E-state index contributed by atoms with van der Waals surface area (Å²) in [5.41, 5.74) is 2.77. The Bertz CT molecular complexity index is 561. The Morgan fingerprint density at radius 3 is 2.29 bits per heavy atom. The van der Waals surface area contributed by atoms with Crippen molar-refractivity contribution in [1.29, 1.82) is 0 Å². The minimum Gasteiger partial charge on any atom is -0.299 e. The number of rotatable bonds is 5. The molecule has 0 saturated carbocycles. The van der Waals surface area contributed by atoms with E-state index in [2.05, 4.69) is 43.0 Å². The summed E-state index contributed by atoms with van der Waals surface area (Å²) in [5.74, 6) is 0.638. The Morgan fingerprint density at radius 2 is 1.76 bits per heavy atom. The highest BCUT2D eigenvalue weighted by Crippen LogP contribution is 2.20. The number of piperidine rings is 1. The number of hydrogen-bond donors (Lipinski definition) is 1. The van der Waals surface area contributed by atoms with Gasteiger partial charge in [0, 0.05) is 6.54 Å². The summed E-state index contributed by atoms with van der Waals surface area (Å²) in [6.45, 7) is 6.97. The molecule has 1 aliphatic heterocycles. The van der Waals surface area contributed by atoms with Gasteiger partial charge in [-0.3, -0.25) is 4.90 Å². The fourth-order valence-electron chi connectivity index (χ4n) is 2.99. The van der Waals surface area contributed by atoms with Crippen LogP contribution >= 0.6 is 0 Å². The van der Waals surface area contributed by atoms with Gasteiger partial charge in [-0.25, -0.2) is 13.6 Å². The van der Waals surface area contributed by atoms with E-state index in [9.17, 15) is 8.42 Å². The van der Waals surface area contributed by atoms with Crippen molar-refractivity contribution in [2.45, 2.75) is 44.9 Å². The third-order valence-corrected chi connectivity index (χ3v) is 5.54. The van der Waals surface area contributed by atoms with Gasteiger partial charge in [-0.15, -0.1) is 0 Å². The Kier molecular flexibility index (Phi) is 5.41. The van der Waals surface area contributed by atoms with Crippen LogP contribution in [0.15, 0.2) is 24.3 Å². The largest absolute Gasteiger partial charge is 0.299 e. The maximum atomic E-state index is 11.4. The smallest absolute Gasteiger partial charge is 0.212 e. The second kappa shape index (κ2) is 6.90. The Morgan fingerprint density at radius 1 is 1.19 bits per heavy atom. The van der Waals surface area contributed by atoms with E-state index in [1.54, 1.807) is 0 Å². The van der Waals surface area contributed by atoms with Gasteiger partial charge in [-0.2, -0.15) is 0 Å². The molecular formula is C16H26N2O2S. The molecule has 1 aromatic carbocycles. The summed E-state index contributed by atoms with van der Waals surface area (Å²) >= 11 is 0. The molecule has 0 radical (unpaired) electrons. The SMILES string of the molecule is CC(C)Cc1ccccc1CN1CCC(S(N)(=O)=O)CC1. The number of hydrogen-bond acceptors (Lipinski definition) is 3. The zero-order chi connectivity index (χ0) is 15.5. The number of likely N-dealkylation sites (tertiary alicyclic amines) is 1. The summed E-state index contributed by atoms with van der Waals surface area (Å²) in [5, 5.41) is 4.88. The van der Waals surface area contributed by atoms with Gasteiger partial charge in [0.1, 0.15) is 0 Å². The third kappa shape index (κ3) is 4.80. The van der Waals surface area contributed by atoms with E-state index in [1.165, 1.54) is 11.1 Å². The van der Waals surface area contributed by atoms with Crippen molar-refractivity contribution in [2.24, 2.45) is 11.1 Å². The molecule has 0 amide bonds. The Labute approximate surface area is 128 Å². The fourth-order valence-corrected chi connectivity index (χ4v) is 3.86. The molecule has 0 aromatic heterocycles. The quantitative estimate of drug-likeness (QED) is 0.906. The van der Waals surface area contributed by atoms with Gasteiger partial charge < -0.3 is 0 Å². The van der Waals surface area contributed by atoms with Crippen LogP contribution in [0.25, 0.3) is 0 Å². The van der Waals surface area contributed by atoms with Gasteiger partial charge in [-0.1, -0.05) is 38.1 Å². The molecule has 4 nitrogen and oxygen atoms in total. The fraction of sp³-hybridized carbons (Fsp3) is 0.625. The van der Waals surface area contributed by atoms with Gasteiger partial charge in [0.2, 0.25) is 10.0 Å². The maximum Gasteiger partial charge on any atom is 0.212 e. The number of benzene rings is 1. The summed E-state index contributed by atoms with van der Waals surface area (Å²) in [6, 6.07) is 8.56. The second-order valence-corrected chi connectivity index (χ2v) is 8.28. The van der Waals surface area contributed by atoms with Gasteiger partial charge in [0.25, 0.3) is 0 Å². The van der Waals surface area contributed by atoms with Crippen molar-refractivity contribution in [1.82, 2.24) is 4.90 Å². The summed E-state index contributed by atoms with van der Waals surface area (Å²) in [7, 11) is -3.37. The van der Waals surface area contributed by atoms with E-state index in [1.807, 2.05) is 0 Å². The number of primary sulfonamides is 1.